The van der Waals surface area contributed by atoms with E-state index in [0.29, 0.717) is 64.7 Å². The Labute approximate surface area is 296 Å². The zero-order chi connectivity index (χ0) is 36.5. The van der Waals surface area contributed by atoms with Gasteiger partial charge in [0.05, 0.1) is 6.04 Å². The van der Waals surface area contributed by atoms with Crippen LogP contribution >= 0.6 is 0 Å². The molecule has 0 aromatic heterocycles. The predicted octanol–water partition coefficient (Wildman–Crippen LogP) is 3.38. The third-order valence-electron chi connectivity index (χ3n) is 8.70. The minimum atomic E-state index is -1.07. The summed E-state index contributed by atoms with van der Waals surface area (Å²) in [4.78, 5) is 62.7. The van der Waals surface area contributed by atoms with Gasteiger partial charge < -0.3 is 43.2 Å². The van der Waals surface area contributed by atoms with Gasteiger partial charge in [0, 0.05) is 25.9 Å². The van der Waals surface area contributed by atoms with Crippen molar-refractivity contribution in [1.29, 1.82) is 0 Å². The summed E-state index contributed by atoms with van der Waals surface area (Å²) in [6, 6.07) is -2.44. The highest BCUT2D eigenvalue weighted by Gasteiger charge is 2.28. The smallest absolute Gasteiger partial charge is 0.303 e. The monoisotopic (exact) mass is 698 g/mol. The van der Waals surface area contributed by atoms with E-state index >= 15 is 0 Å². The second-order valence-electron chi connectivity index (χ2n) is 13.1. The molecule has 0 heterocycles. The average molecular weight is 698 g/mol. The summed E-state index contributed by atoms with van der Waals surface area (Å²) in [6.45, 7) is 4.22. The molecule has 0 radical (unpaired) electrons. The standard InChI is InChI=1S/C36H71N7O6/c1-3-4-5-6-7-8-9-10-13-22-32(44)40-27-18-11-12-19-28-41-34(47)31(23-24-33(45)46)43-36(49)30(21-15-17-26-38)42-35(48)29(39-2)20-14-16-25-37/h29-31,39H,3-28,37-38H2,1-2H3,(H,40,44)(H,41,47)(H,42,48)(H,43,49)(H,45,46). The first-order valence-electron chi connectivity index (χ1n) is 19.1. The van der Waals surface area contributed by atoms with Crippen LogP contribution < -0.4 is 38.1 Å². The van der Waals surface area contributed by atoms with Gasteiger partial charge in [-0.05, 0) is 77.9 Å². The van der Waals surface area contributed by atoms with Gasteiger partial charge in [-0.15, -0.1) is 0 Å². The minimum absolute atomic E-state index is 0.0760. The number of unbranched alkanes of at least 4 members (excludes halogenated alkanes) is 13. The molecule has 3 atom stereocenters. The number of rotatable bonds is 34. The van der Waals surface area contributed by atoms with Crippen molar-refractivity contribution in [3.8, 4) is 0 Å². The highest BCUT2D eigenvalue weighted by Crippen LogP contribution is 2.11. The molecule has 13 nitrogen and oxygen atoms in total. The number of carbonyl (C=O) groups is 5. The van der Waals surface area contributed by atoms with Crippen LogP contribution in [0.2, 0.25) is 0 Å². The lowest BCUT2D eigenvalue weighted by molar-refractivity contribution is -0.138. The van der Waals surface area contributed by atoms with Crippen LogP contribution in [-0.4, -0.2) is 86.1 Å². The van der Waals surface area contributed by atoms with Crippen LogP contribution in [0.25, 0.3) is 0 Å². The SMILES string of the molecule is CCCCCCCCCCCC(=O)NCCCCCCNC(=O)C(CCC(=O)O)NC(=O)C(CCCCN)NC(=O)C(CCCCN)NC. The van der Waals surface area contributed by atoms with E-state index in [2.05, 4.69) is 33.5 Å². The maximum Gasteiger partial charge on any atom is 0.303 e. The largest absolute Gasteiger partial charge is 0.481 e. The van der Waals surface area contributed by atoms with E-state index < -0.39 is 35.9 Å². The van der Waals surface area contributed by atoms with Crippen molar-refractivity contribution in [3.05, 3.63) is 0 Å². The summed E-state index contributed by atoms with van der Waals surface area (Å²) >= 11 is 0. The van der Waals surface area contributed by atoms with E-state index in [1.54, 1.807) is 7.05 Å². The van der Waals surface area contributed by atoms with Gasteiger partial charge in [0.15, 0.2) is 0 Å². The first-order valence-corrected chi connectivity index (χ1v) is 19.1. The van der Waals surface area contributed by atoms with Gasteiger partial charge in [0.25, 0.3) is 0 Å². The number of carboxylic acid groups (broad SMARTS) is 1. The molecule has 0 saturated carbocycles. The first kappa shape index (κ1) is 46.2. The molecule has 0 aliphatic heterocycles. The number of likely N-dealkylation sites (N-methyl/N-ethyl adjacent to an activating group) is 1. The summed E-state index contributed by atoms with van der Waals surface area (Å²) in [5.41, 5.74) is 11.2. The fourth-order valence-corrected chi connectivity index (χ4v) is 5.59. The van der Waals surface area contributed by atoms with E-state index in [-0.39, 0.29) is 24.7 Å². The second-order valence-corrected chi connectivity index (χ2v) is 13.1. The van der Waals surface area contributed by atoms with Gasteiger partial charge in [0.1, 0.15) is 12.1 Å². The maximum absolute atomic E-state index is 13.3. The lowest BCUT2D eigenvalue weighted by Gasteiger charge is -2.25. The topological polar surface area (TPSA) is 218 Å². The van der Waals surface area contributed by atoms with Gasteiger partial charge in [-0.25, -0.2) is 0 Å². The van der Waals surface area contributed by atoms with E-state index in [9.17, 15) is 29.1 Å². The van der Waals surface area contributed by atoms with E-state index in [4.69, 9.17) is 11.5 Å². The van der Waals surface area contributed by atoms with Crippen LogP contribution in [0.3, 0.4) is 0 Å². The summed E-state index contributed by atoms with van der Waals surface area (Å²) in [6.07, 6.45) is 18.3. The lowest BCUT2D eigenvalue weighted by atomic mass is 10.0. The predicted molar refractivity (Wildman–Crippen MR) is 196 cm³/mol. The zero-order valence-corrected chi connectivity index (χ0v) is 30.8. The van der Waals surface area contributed by atoms with Crippen LogP contribution in [0, 0.1) is 0 Å². The van der Waals surface area contributed by atoms with Crippen molar-refractivity contribution in [1.82, 2.24) is 26.6 Å². The van der Waals surface area contributed by atoms with Gasteiger partial charge >= 0.3 is 5.97 Å². The molecule has 0 aromatic carbocycles. The van der Waals surface area contributed by atoms with Crippen LogP contribution in [0.5, 0.6) is 0 Å². The van der Waals surface area contributed by atoms with E-state index in [1.807, 2.05) is 0 Å². The van der Waals surface area contributed by atoms with Gasteiger partial charge in [-0.1, -0.05) is 77.6 Å². The lowest BCUT2D eigenvalue weighted by Crippen LogP contribution is -2.56. The van der Waals surface area contributed by atoms with E-state index in [1.165, 1.54) is 44.9 Å². The van der Waals surface area contributed by atoms with Crippen molar-refractivity contribution in [2.45, 2.75) is 166 Å². The summed E-state index contributed by atoms with van der Waals surface area (Å²) in [5, 5.41) is 23.5. The molecule has 0 aliphatic rings. The molecule has 10 N–H and O–H groups in total. The van der Waals surface area contributed by atoms with Crippen LogP contribution in [0.4, 0.5) is 0 Å². The Kier molecular flexibility index (Phi) is 30.6. The molecule has 4 amide bonds. The maximum atomic E-state index is 13.3. The molecule has 13 heteroatoms. The third-order valence-corrected chi connectivity index (χ3v) is 8.70. The van der Waals surface area contributed by atoms with Gasteiger partial charge in [-0.2, -0.15) is 0 Å². The molecule has 0 aliphatic carbocycles. The molecule has 49 heavy (non-hydrogen) atoms. The Balaban J connectivity index is 4.61. The number of aliphatic carboxylic acids is 1. The molecular weight excluding hydrogens is 626 g/mol. The van der Waals surface area contributed by atoms with Crippen LogP contribution in [-0.2, 0) is 24.0 Å². The fourth-order valence-electron chi connectivity index (χ4n) is 5.59. The van der Waals surface area contributed by atoms with Crippen molar-refractivity contribution in [2.75, 3.05) is 33.2 Å². The molecular formula is C36H71N7O6. The normalized spacial score (nSPS) is 12.9. The van der Waals surface area contributed by atoms with E-state index in [0.717, 1.165) is 44.9 Å². The number of nitrogens with one attached hydrogen (secondary N) is 5. The van der Waals surface area contributed by atoms with Crippen LogP contribution in [0.1, 0.15) is 148 Å². The molecule has 3 unspecified atom stereocenters. The second kappa shape index (κ2) is 32.4. The van der Waals surface area contributed by atoms with Crippen molar-refractivity contribution < 1.29 is 29.1 Å². The Hall–Kier alpha value is -2.77. The highest BCUT2D eigenvalue weighted by atomic mass is 16.4. The minimum Gasteiger partial charge on any atom is -0.481 e. The van der Waals surface area contributed by atoms with Gasteiger partial charge in [-0.3, -0.25) is 24.0 Å². The van der Waals surface area contributed by atoms with Crippen molar-refractivity contribution in [2.24, 2.45) is 11.5 Å². The average Bonchev–Trinajstić information content (AvgIpc) is 3.08. The first-order chi connectivity index (χ1) is 23.7. The quantitative estimate of drug-likeness (QED) is 0.0462. The number of nitrogens with two attached hydrogens (primary N) is 2. The summed E-state index contributed by atoms with van der Waals surface area (Å²) < 4.78 is 0. The van der Waals surface area contributed by atoms with Crippen LogP contribution in [0.15, 0.2) is 0 Å². The third kappa shape index (κ3) is 26.7. The summed E-state index contributed by atoms with van der Waals surface area (Å²) in [5.74, 6) is -2.28. The number of carboxylic acids is 1. The molecule has 286 valence electrons. The highest BCUT2D eigenvalue weighted by molar-refractivity contribution is 5.93. The zero-order valence-electron chi connectivity index (χ0n) is 30.8. The number of carbonyl (C=O) groups excluding carboxylic acids is 4. The molecule has 0 saturated heterocycles. The number of amides is 4. The Bertz CT molecular complexity index is 892. The molecule has 0 bridgehead atoms. The van der Waals surface area contributed by atoms with Crippen molar-refractivity contribution >= 4 is 29.6 Å². The Morgan fingerprint density at radius 1 is 0.531 bits per heavy atom. The molecule has 0 aromatic rings. The molecule has 0 fully saturated rings. The Morgan fingerprint density at radius 3 is 1.53 bits per heavy atom. The number of hydrogen-bond acceptors (Lipinski definition) is 8. The molecule has 0 rings (SSSR count). The van der Waals surface area contributed by atoms with Crippen molar-refractivity contribution in [3.63, 3.8) is 0 Å². The molecule has 0 spiro atoms. The summed E-state index contributed by atoms with van der Waals surface area (Å²) in [7, 11) is 1.68. The Morgan fingerprint density at radius 2 is 1.00 bits per heavy atom. The van der Waals surface area contributed by atoms with Gasteiger partial charge in [0.2, 0.25) is 23.6 Å². The fraction of sp³-hybridized carbons (Fsp3) is 0.861. The number of hydrogen-bond donors (Lipinski definition) is 8.